The zero-order valence-corrected chi connectivity index (χ0v) is 12.7. The molecule has 1 N–H and O–H groups in total. The maximum absolute atomic E-state index is 12.8. The smallest absolute Gasteiger partial charge is 0.303 e. The Labute approximate surface area is 129 Å². The van der Waals surface area contributed by atoms with E-state index in [0.29, 0.717) is 13.1 Å². The van der Waals surface area contributed by atoms with Crippen molar-refractivity contribution in [3.05, 3.63) is 36.0 Å². The largest absolute Gasteiger partial charge is 0.481 e. The minimum atomic E-state index is -0.751. The summed E-state index contributed by atoms with van der Waals surface area (Å²) in [4.78, 5) is 25.4. The summed E-state index contributed by atoms with van der Waals surface area (Å²) < 4.78 is 1.97. The van der Waals surface area contributed by atoms with Gasteiger partial charge in [-0.1, -0.05) is 18.2 Å². The Morgan fingerprint density at radius 2 is 1.91 bits per heavy atom. The number of piperidine rings is 1. The van der Waals surface area contributed by atoms with Crippen LogP contribution in [-0.4, -0.2) is 39.5 Å². The number of carbonyl (C=O) groups excluding carboxylic acids is 1. The first kappa shape index (κ1) is 14.6. The molecule has 2 aromatic rings. The van der Waals surface area contributed by atoms with Crippen LogP contribution in [0.25, 0.3) is 10.9 Å². The number of aryl methyl sites for hydroxylation is 1. The fourth-order valence-corrected chi connectivity index (χ4v) is 3.27. The Bertz CT molecular complexity index is 712. The van der Waals surface area contributed by atoms with E-state index in [1.165, 1.54) is 0 Å². The van der Waals surface area contributed by atoms with Gasteiger partial charge >= 0.3 is 5.97 Å². The summed E-state index contributed by atoms with van der Waals surface area (Å²) in [7, 11) is 1.94. The zero-order chi connectivity index (χ0) is 15.7. The molecule has 22 heavy (non-hydrogen) atoms. The molecule has 0 radical (unpaired) electrons. The molecule has 5 heteroatoms. The van der Waals surface area contributed by atoms with Gasteiger partial charge in [0.25, 0.3) is 5.91 Å². The number of hydrogen-bond acceptors (Lipinski definition) is 2. The Morgan fingerprint density at radius 3 is 2.59 bits per heavy atom. The van der Waals surface area contributed by atoms with Crippen molar-refractivity contribution in [1.82, 2.24) is 9.47 Å². The molecular formula is C17H20N2O3. The highest BCUT2D eigenvalue weighted by atomic mass is 16.4. The van der Waals surface area contributed by atoms with Crippen LogP contribution in [0.5, 0.6) is 0 Å². The minimum Gasteiger partial charge on any atom is -0.481 e. The highest BCUT2D eigenvalue weighted by Crippen LogP contribution is 2.25. The van der Waals surface area contributed by atoms with Gasteiger partial charge in [0.05, 0.1) is 5.56 Å². The van der Waals surface area contributed by atoms with Crippen LogP contribution in [0.15, 0.2) is 30.5 Å². The first-order valence-corrected chi connectivity index (χ1v) is 7.61. The van der Waals surface area contributed by atoms with Gasteiger partial charge in [-0.05, 0) is 24.8 Å². The van der Waals surface area contributed by atoms with E-state index in [0.717, 1.165) is 29.3 Å². The Kier molecular flexibility index (Phi) is 3.88. The molecule has 1 aliphatic heterocycles. The van der Waals surface area contributed by atoms with Crippen molar-refractivity contribution >= 4 is 22.8 Å². The number of rotatable bonds is 3. The summed E-state index contributed by atoms with van der Waals surface area (Å²) in [6.45, 7) is 1.28. The Morgan fingerprint density at radius 1 is 1.23 bits per heavy atom. The van der Waals surface area contributed by atoms with Gasteiger partial charge in [-0.2, -0.15) is 0 Å². The van der Waals surface area contributed by atoms with Crippen LogP contribution in [0.1, 0.15) is 29.6 Å². The average Bonchev–Trinajstić information content (AvgIpc) is 2.84. The van der Waals surface area contributed by atoms with Crippen molar-refractivity contribution in [1.29, 1.82) is 0 Å². The fraction of sp³-hybridized carbons (Fsp3) is 0.412. The third kappa shape index (κ3) is 2.71. The van der Waals surface area contributed by atoms with Crippen LogP contribution in [0.2, 0.25) is 0 Å². The molecule has 5 nitrogen and oxygen atoms in total. The second-order valence-corrected chi connectivity index (χ2v) is 6.00. The molecule has 0 saturated carbocycles. The van der Waals surface area contributed by atoms with E-state index in [1.54, 1.807) is 0 Å². The molecular weight excluding hydrogens is 280 g/mol. The first-order valence-electron chi connectivity index (χ1n) is 7.61. The summed E-state index contributed by atoms with van der Waals surface area (Å²) in [5.41, 5.74) is 1.78. The van der Waals surface area contributed by atoms with Gasteiger partial charge < -0.3 is 14.6 Å². The maximum Gasteiger partial charge on any atom is 0.303 e. The van der Waals surface area contributed by atoms with Crippen LogP contribution >= 0.6 is 0 Å². The van der Waals surface area contributed by atoms with E-state index in [9.17, 15) is 9.59 Å². The summed E-state index contributed by atoms with van der Waals surface area (Å²) in [6.07, 6.45) is 3.62. The van der Waals surface area contributed by atoms with Gasteiger partial charge in [0.2, 0.25) is 0 Å². The third-order valence-corrected chi connectivity index (χ3v) is 4.49. The van der Waals surface area contributed by atoms with E-state index < -0.39 is 5.97 Å². The van der Waals surface area contributed by atoms with E-state index >= 15 is 0 Å². The van der Waals surface area contributed by atoms with Crippen LogP contribution < -0.4 is 0 Å². The number of nitrogens with zero attached hydrogens (tertiary/aromatic N) is 2. The molecule has 116 valence electrons. The number of carboxylic acid groups (broad SMARTS) is 1. The van der Waals surface area contributed by atoms with Crippen molar-refractivity contribution < 1.29 is 14.7 Å². The highest BCUT2D eigenvalue weighted by molar-refractivity contribution is 6.07. The van der Waals surface area contributed by atoms with Crippen LogP contribution in [-0.2, 0) is 11.8 Å². The van der Waals surface area contributed by atoms with Gasteiger partial charge in [0, 0.05) is 43.7 Å². The Hall–Kier alpha value is -2.30. The monoisotopic (exact) mass is 300 g/mol. The number of amides is 1. The number of carbonyl (C=O) groups is 2. The number of aromatic nitrogens is 1. The molecule has 1 aliphatic rings. The summed E-state index contributed by atoms with van der Waals surface area (Å²) >= 11 is 0. The third-order valence-electron chi connectivity index (χ3n) is 4.49. The van der Waals surface area contributed by atoms with Crippen LogP contribution in [0.3, 0.4) is 0 Å². The minimum absolute atomic E-state index is 0.0468. The van der Waals surface area contributed by atoms with E-state index in [1.807, 2.05) is 47.0 Å². The van der Waals surface area contributed by atoms with Crippen molar-refractivity contribution in [3.63, 3.8) is 0 Å². The van der Waals surface area contributed by atoms with Gasteiger partial charge in [0.15, 0.2) is 0 Å². The molecule has 0 atom stereocenters. The normalized spacial score (nSPS) is 16.1. The first-order chi connectivity index (χ1) is 10.6. The summed E-state index contributed by atoms with van der Waals surface area (Å²) in [5.74, 6) is -0.515. The molecule has 2 heterocycles. The number of carboxylic acids is 1. The maximum atomic E-state index is 12.8. The number of aliphatic carboxylic acids is 1. The van der Waals surface area contributed by atoms with Gasteiger partial charge in [-0.3, -0.25) is 9.59 Å². The fourth-order valence-electron chi connectivity index (χ4n) is 3.27. The lowest BCUT2D eigenvalue weighted by Gasteiger charge is -2.31. The standard InChI is InChI=1S/C17H20N2O3/c1-18-11-14(13-4-2-3-5-15(13)18)17(22)19-8-6-12(7-9-19)10-16(20)21/h2-5,11-12H,6-10H2,1H3,(H,20,21). The number of benzene rings is 1. The molecule has 1 aromatic heterocycles. The average molecular weight is 300 g/mol. The number of hydrogen-bond donors (Lipinski definition) is 1. The molecule has 1 amide bonds. The SMILES string of the molecule is Cn1cc(C(=O)N2CCC(CC(=O)O)CC2)c2ccccc21. The predicted octanol–water partition coefficient (Wildman–Crippen LogP) is 2.51. The van der Waals surface area contributed by atoms with E-state index in [-0.39, 0.29) is 18.2 Å². The van der Waals surface area contributed by atoms with Crippen LogP contribution in [0.4, 0.5) is 0 Å². The summed E-state index contributed by atoms with van der Waals surface area (Å²) in [6, 6.07) is 7.89. The quantitative estimate of drug-likeness (QED) is 0.947. The van der Waals surface area contributed by atoms with Crippen LogP contribution in [0, 0.1) is 5.92 Å². The lowest BCUT2D eigenvalue weighted by atomic mass is 9.93. The zero-order valence-electron chi connectivity index (χ0n) is 12.7. The molecule has 0 unspecified atom stereocenters. The molecule has 1 aromatic carbocycles. The van der Waals surface area contributed by atoms with Gasteiger partial charge in [0.1, 0.15) is 0 Å². The Balaban J connectivity index is 1.76. The number of fused-ring (bicyclic) bond motifs is 1. The topological polar surface area (TPSA) is 62.5 Å². The lowest BCUT2D eigenvalue weighted by Crippen LogP contribution is -2.38. The second kappa shape index (κ2) is 5.83. The van der Waals surface area contributed by atoms with E-state index in [4.69, 9.17) is 5.11 Å². The van der Waals surface area contributed by atoms with Gasteiger partial charge in [-0.25, -0.2) is 0 Å². The molecule has 3 rings (SSSR count). The van der Waals surface area contributed by atoms with Gasteiger partial charge in [-0.15, -0.1) is 0 Å². The molecule has 0 bridgehead atoms. The predicted molar refractivity (Wildman–Crippen MR) is 83.8 cm³/mol. The van der Waals surface area contributed by atoms with Crippen molar-refractivity contribution in [3.8, 4) is 0 Å². The molecule has 0 spiro atoms. The van der Waals surface area contributed by atoms with Crippen molar-refractivity contribution in [2.45, 2.75) is 19.3 Å². The van der Waals surface area contributed by atoms with E-state index in [2.05, 4.69) is 0 Å². The number of likely N-dealkylation sites (tertiary alicyclic amines) is 1. The van der Waals surface area contributed by atoms with Crippen molar-refractivity contribution in [2.24, 2.45) is 13.0 Å². The molecule has 1 saturated heterocycles. The number of para-hydroxylation sites is 1. The summed E-state index contributed by atoms with van der Waals surface area (Å²) in [5, 5.41) is 9.83. The second-order valence-electron chi connectivity index (χ2n) is 6.00. The highest BCUT2D eigenvalue weighted by Gasteiger charge is 2.26. The lowest BCUT2D eigenvalue weighted by molar-refractivity contribution is -0.138. The molecule has 1 fully saturated rings. The molecule has 0 aliphatic carbocycles. The van der Waals surface area contributed by atoms with Crippen molar-refractivity contribution in [2.75, 3.05) is 13.1 Å².